The molecule has 0 aliphatic rings. The maximum atomic E-state index is 12.6. The van der Waals surface area contributed by atoms with Crippen LogP contribution in [0.3, 0.4) is 0 Å². The monoisotopic (exact) mass is 1170 g/mol. The van der Waals surface area contributed by atoms with Gasteiger partial charge >= 0.3 is 5.97 Å². The first-order valence-electron chi connectivity index (χ1n) is 37.7. The molecular weight excluding hydrogens is 1020 g/mol. The van der Waals surface area contributed by atoms with Crippen molar-refractivity contribution in [1.29, 1.82) is 0 Å². The van der Waals surface area contributed by atoms with Crippen LogP contribution in [0.4, 0.5) is 0 Å². The summed E-state index contributed by atoms with van der Waals surface area (Å²) < 4.78 is 5.51. The van der Waals surface area contributed by atoms with Gasteiger partial charge in [-0.05, 0) is 83.5 Å². The third-order valence-electron chi connectivity index (χ3n) is 17.7. The van der Waals surface area contributed by atoms with Gasteiger partial charge in [0.15, 0.2) is 0 Å². The Bertz CT molecular complexity index is 1340. The van der Waals surface area contributed by atoms with E-state index in [0.29, 0.717) is 25.9 Å². The Morgan fingerprint density at radius 1 is 0.337 bits per heavy atom. The lowest BCUT2D eigenvalue weighted by molar-refractivity contribution is -0.143. The number of hydrogen-bond donors (Lipinski definition) is 3. The van der Waals surface area contributed by atoms with Crippen LogP contribution >= 0.6 is 0 Å². The van der Waals surface area contributed by atoms with Crippen molar-refractivity contribution in [2.45, 2.75) is 431 Å². The molecule has 0 saturated heterocycles. The van der Waals surface area contributed by atoms with E-state index in [4.69, 9.17) is 4.74 Å². The summed E-state index contributed by atoms with van der Waals surface area (Å²) in [5, 5.41) is 23.4. The standard InChI is InChI=1S/C77H147NO5/c1-3-5-7-9-11-13-15-17-19-21-23-34-37-41-45-49-53-57-61-65-69-75(80)74(73-79)78-76(81)70-66-62-58-54-50-46-42-38-35-31-29-27-25-24-26-28-30-32-36-40-44-48-52-56-60-64-68-72-83-77(82)71-67-63-59-55-51-47-43-39-33-22-20-18-16-14-12-10-8-6-4-2/h12,14,18,20,24-25,74-75,79-80H,3-11,13,15-17,19,21-23,26-73H2,1-2H3,(H,78,81)/b14-12-,20-18-,25-24-. The maximum absolute atomic E-state index is 12.6. The van der Waals surface area contributed by atoms with Crippen molar-refractivity contribution in [3.63, 3.8) is 0 Å². The molecule has 0 aromatic carbocycles. The smallest absolute Gasteiger partial charge is 0.305 e. The number of amides is 1. The van der Waals surface area contributed by atoms with Crippen molar-refractivity contribution in [2.24, 2.45) is 0 Å². The van der Waals surface area contributed by atoms with E-state index < -0.39 is 12.1 Å². The van der Waals surface area contributed by atoms with Gasteiger partial charge in [0.1, 0.15) is 0 Å². The number of carbonyl (C=O) groups is 2. The highest BCUT2D eigenvalue weighted by atomic mass is 16.5. The van der Waals surface area contributed by atoms with Crippen LogP contribution in [0.1, 0.15) is 418 Å². The summed E-state index contributed by atoms with van der Waals surface area (Å²) in [6, 6.07) is -0.543. The van der Waals surface area contributed by atoms with Gasteiger partial charge in [-0.3, -0.25) is 9.59 Å². The van der Waals surface area contributed by atoms with Crippen LogP contribution < -0.4 is 5.32 Å². The SMILES string of the molecule is CCCCC/C=C\C/C=C\CCCCCCCCCCCC(=O)OCCCCCCCCCCCCCC/C=C\CCCCCCCCCCCCCC(=O)NC(CO)C(O)CCCCCCCCCCCCCCCCCCCCCC. The van der Waals surface area contributed by atoms with Crippen molar-refractivity contribution in [1.82, 2.24) is 5.32 Å². The van der Waals surface area contributed by atoms with E-state index in [1.807, 2.05) is 0 Å². The van der Waals surface area contributed by atoms with Gasteiger partial charge in [0, 0.05) is 12.8 Å². The van der Waals surface area contributed by atoms with Gasteiger partial charge < -0.3 is 20.3 Å². The van der Waals surface area contributed by atoms with Crippen LogP contribution in [-0.2, 0) is 14.3 Å². The molecule has 0 saturated carbocycles. The molecular formula is C77H147NO5. The summed E-state index contributed by atoms with van der Waals surface area (Å²) in [6.07, 6.45) is 93.5. The van der Waals surface area contributed by atoms with Crippen molar-refractivity contribution in [3.05, 3.63) is 36.5 Å². The van der Waals surface area contributed by atoms with Gasteiger partial charge in [0.05, 0.1) is 25.4 Å². The molecule has 0 rings (SSSR count). The van der Waals surface area contributed by atoms with E-state index in [2.05, 4.69) is 55.6 Å². The third kappa shape index (κ3) is 69.1. The Morgan fingerprint density at radius 3 is 0.952 bits per heavy atom. The quantitative estimate of drug-likeness (QED) is 0.0320. The highest BCUT2D eigenvalue weighted by Crippen LogP contribution is 2.19. The molecule has 6 nitrogen and oxygen atoms in total. The first-order chi connectivity index (χ1) is 41.0. The molecule has 0 spiro atoms. The second-order valence-corrected chi connectivity index (χ2v) is 26.0. The number of hydrogen-bond acceptors (Lipinski definition) is 5. The number of nitrogens with one attached hydrogen (secondary N) is 1. The van der Waals surface area contributed by atoms with E-state index in [1.54, 1.807) is 0 Å². The zero-order chi connectivity index (χ0) is 59.9. The molecule has 3 N–H and O–H groups in total. The minimum atomic E-state index is -0.666. The number of aliphatic hydroxyl groups is 2. The van der Waals surface area contributed by atoms with E-state index in [-0.39, 0.29) is 18.5 Å². The molecule has 0 aromatic rings. The van der Waals surface area contributed by atoms with Crippen molar-refractivity contribution in [3.8, 4) is 0 Å². The normalized spacial score (nSPS) is 12.7. The van der Waals surface area contributed by atoms with Gasteiger partial charge in [-0.2, -0.15) is 0 Å². The Balaban J connectivity index is 3.37. The van der Waals surface area contributed by atoms with Gasteiger partial charge in [0.2, 0.25) is 5.91 Å². The molecule has 0 radical (unpaired) electrons. The number of esters is 1. The Labute approximate surface area is 519 Å². The van der Waals surface area contributed by atoms with Crippen molar-refractivity contribution in [2.75, 3.05) is 13.2 Å². The predicted molar refractivity (Wildman–Crippen MR) is 366 cm³/mol. The predicted octanol–water partition coefficient (Wildman–Crippen LogP) is 24.7. The molecule has 2 unspecified atom stereocenters. The molecule has 0 aliphatic heterocycles. The van der Waals surface area contributed by atoms with Crippen LogP contribution in [-0.4, -0.2) is 47.4 Å². The van der Waals surface area contributed by atoms with Gasteiger partial charge in [-0.15, -0.1) is 0 Å². The zero-order valence-corrected chi connectivity index (χ0v) is 56.2. The highest BCUT2D eigenvalue weighted by molar-refractivity contribution is 5.76. The highest BCUT2D eigenvalue weighted by Gasteiger charge is 2.20. The van der Waals surface area contributed by atoms with E-state index in [0.717, 1.165) is 51.4 Å². The zero-order valence-electron chi connectivity index (χ0n) is 56.2. The number of aliphatic hydroxyl groups excluding tert-OH is 2. The molecule has 6 heteroatoms. The molecule has 0 fully saturated rings. The summed E-state index contributed by atoms with van der Waals surface area (Å²) in [4.78, 5) is 24.7. The minimum absolute atomic E-state index is 0.0121. The van der Waals surface area contributed by atoms with Crippen LogP contribution in [0, 0.1) is 0 Å². The van der Waals surface area contributed by atoms with Crippen molar-refractivity contribution >= 4 is 11.9 Å². The van der Waals surface area contributed by atoms with Gasteiger partial charge in [0.25, 0.3) is 0 Å². The molecule has 0 aliphatic carbocycles. The fraction of sp³-hybridized carbons (Fsp3) is 0.896. The number of rotatable bonds is 71. The number of allylic oxidation sites excluding steroid dienone is 6. The minimum Gasteiger partial charge on any atom is -0.466 e. The molecule has 490 valence electrons. The Kier molecular flexibility index (Phi) is 70.9. The molecule has 0 bridgehead atoms. The molecule has 0 heterocycles. The topological polar surface area (TPSA) is 95.9 Å². The molecule has 1 amide bonds. The average Bonchev–Trinajstić information content (AvgIpc) is 3.49. The largest absolute Gasteiger partial charge is 0.466 e. The lowest BCUT2D eigenvalue weighted by Gasteiger charge is -2.22. The van der Waals surface area contributed by atoms with Crippen LogP contribution in [0.15, 0.2) is 36.5 Å². The number of unbranched alkanes of at least 4 members (excludes halogenated alkanes) is 54. The summed E-state index contributed by atoms with van der Waals surface area (Å²) in [7, 11) is 0. The maximum Gasteiger partial charge on any atom is 0.305 e. The van der Waals surface area contributed by atoms with Crippen LogP contribution in [0.25, 0.3) is 0 Å². The Morgan fingerprint density at radius 2 is 0.602 bits per heavy atom. The molecule has 0 aromatic heterocycles. The lowest BCUT2D eigenvalue weighted by Crippen LogP contribution is -2.45. The molecule has 83 heavy (non-hydrogen) atoms. The van der Waals surface area contributed by atoms with Gasteiger partial charge in [-0.1, -0.05) is 359 Å². The van der Waals surface area contributed by atoms with Crippen LogP contribution in [0.2, 0.25) is 0 Å². The second-order valence-electron chi connectivity index (χ2n) is 26.0. The summed E-state index contributed by atoms with van der Waals surface area (Å²) in [5.74, 6) is -0.0195. The van der Waals surface area contributed by atoms with E-state index in [1.165, 1.54) is 334 Å². The first kappa shape index (κ1) is 81.1. The fourth-order valence-corrected chi connectivity index (χ4v) is 11.9. The fourth-order valence-electron chi connectivity index (χ4n) is 11.9. The number of carbonyl (C=O) groups excluding carboxylic acids is 2. The average molecular weight is 1170 g/mol. The summed E-state index contributed by atoms with van der Waals surface area (Å²) in [6.45, 7) is 4.97. The number of ether oxygens (including phenoxy) is 1. The van der Waals surface area contributed by atoms with Crippen molar-refractivity contribution < 1.29 is 24.5 Å². The lowest BCUT2D eigenvalue weighted by atomic mass is 10.0. The summed E-state index contributed by atoms with van der Waals surface area (Å²) >= 11 is 0. The Hall–Kier alpha value is -1.92. The second kappa shape index (κ2) is 72.6. The van der Waals surface area contributed by atoms with Gasteiger partial charge in [-0.25, -0.2) is 0 Å². The van der Waals surface area contributed by atoms with Crippen LogP contribution in [0.5, 0.6) is 0 Å². The van der Waals surface area contributed by atoms with E-state index >= 15 is 0 Å². The summed E-state index contributed by atoms with van der Waals surface area (Å²) in [5.41, 5.74) is 0. The van der Waals surface area contributed by atoms with E-state index in [9.17, 15) is 19.8 Å². The third-order valence-corrected chi connectivity index (χ3v) is 17.7. The molecule has 2 atom stereocenters. The first-order valence-corrected chi connectivity index (χ1v) is 37.7.